The molecule has 0 aliphatic rings. The average Bonchev–Trinajstić information content (AvgIpc) is 2.81. The van der Waals surface area contributed by atoms with Crippen LogP contribution in [0.5, 0.6) is 0 Å². The molecule has 110 valence electrons. The summed E-state index contributed by atoms with van der Waals surface area (Å²) in [6.45, 7) is 3.04. The Bertz CT molecular complexity index is 669. The second kappa shape index (κ2) is 6.53. The zero-order valence-corrected chi connectivity index (χ0v) is 13.2. The van der Waals surface area contributed by atoms with E-state index in [0.29, 0.717) is 17.3 Å². The van der Waals surface area contributed by atoms with Gasteiger partial charge in [0, 0.05) is 23.2 Å². The second-order valence-corrected chi connectivity index (χ2v) is 5.37. The Balaban J connectivity index is 2.09. The van der Waals surface area contributed by atoms with Crippen molar-refractivity contribution in [2.24, 2.45) is 0 Å². The molecule has 2 rings (SSSR count). The van der Waals surface area contributed by atoms with Gasteiger partial charge in [-0.15, -0.1) is 0 Å². The highest BCUT2D eigenvalue weighted by atomic mass is 79.9. The average molecular weight is 352 g/mol. The zero-order chi connectivity index (χ0) is 15.4. The van der Waals surface area contributed by atoms with Gasteiger partial charge in [-0.2, -0.15) is 0 Å². The number of aromatic nitrogens is 1. The van der Waals surface area contributed by atoms with Gasteiger partial charge in [-0.25, -0.2) is 0 Å². The normalized spacial score (nSPS) is 10.2. The molecule has 21 heavy (non-hydrogen) atoms. The number of anilines is 2. The third kappa shape index (κ3) is 4.16. The SMILES string of the molecule is CC(=O)N(CC(=O)Nc1cc(C)on1)c1cccc(Br)c1. The van der Waals surface area contributed by atoms with Crippen molar-refractivity contribution in [3.8, 4) is 0 Å². The first-order valence-corrected chi connectivity index (χ1v) is 7.02. The monoisotopic (exact) mass is 351 g/mol. The van der Waals surface area contributed by atoms with E-state index < -0.39 is 0 Å². The summed E-state index contributed by atoms with van der Waals surface area (Å²) >= 11 is 3.34. The zero-order valence-electron chi connectivity index (χ0n) is 11.6. The molecule has 1 aromatic heterocycles. The largest absolute Gasteiger partial charge is 0.360 e. The summed E-state index contributed by atoms with van der Waals surface area (Å²) < 4.78 is 5.70. The van der Waals surface area contributed by atoms with Crippen LogP contribution in [0.4, 0.5) is 11.5 Å². The molecule has 0 saturated carbocycles. The standard InChI is InChI=1S/C14H14BrN3O3/c1-9-6-13(17-21-9)16-14(20)8-18(10(2)19)12-5-3-4-11(15)7-12/h3-7H,8H2,1-2H3,(H,16,17,20). The Morgan fingerprint density at radius 1 is 1.38 bits per heavy atom. The van der Waals surface area contributed by atoms with Gasteiger partial charge in [-0.1, -0.05) is 27.2 Å². The van der Waals surface area contributed by atoms with E-state index >= 15 is 0 Å². The maximum absolute atomic E-state index is 12.0. The van der Waals surface area contributed by atoms with Gasteiger partial charge < -0.3 is 14.7 Å². The number of halogens is 1. The molecule has 0 unspecified atom stereocenters. The molecule has 0 spiro atoms. The third-order valence-corrected chi connectivity index (χ3v) is 3.19. The Kier molecular flexibility index (Phi) is 4.74. The first kappa shape index (κ1) is 15.2. The summed E-state index contributed by atoms with van der Waals surface area (Å²) in [6.07, 6.45) is 0. The molecule has 0 fully saturated rings. The van der Waals surface area contributed by atoms with E-state index in [1.807, 2.05) is 6.07 Å². The van der Waals surface area contributed by atoms with E-state index in [-0.39, 0.29) is 18.4 Å². The number of rotatable bonds is 4. The van der Waals surface area contributed by atoms with Crippen LogP contribution >= 0.6 is 15.9 Å². The van der Waals surface area contributed by atoms with E-state index in [2.05, 4.69) is 26.4 Å². The van der Waals surface area contributed by atoms with Crippen LogP contribution in [-0.2, 0) is 9.59 Å². The molecular formula is C14H14BrN3O3. The molecule has 1 aromatic carbocycles. The predicted molar refractivity (Wildman–Crippen MR) is 82.0 cm³/mol. The van der Waals surface area contributed by atoms with Crippen molar-refractivity contribution in [2.75, 3.05) is 16.8 Å². The molecular weight excluding hydrogens is 338 g/mol. The van der Waals surface area contributed by atoms with Gasteiger partial charge in [0.05, 0.1) is 0 Å². The van der Waals surface area contributed by atoms with Crippen molar-refractivity contribution in [1.82, 2.24) is 5.16 Å². The number of amides is 2. The summed E-state index contributed by atoms with van der Waals surface area (Å²) in [5.74, 6) is 0.356. The summed E-state index contributed by atoms with van der Waals surface area (Å²) in [4.78, 5) is 25.1. The highest BCUT2D eigenvalue weighted by Gasteiger charge is 2.17. The number of carbonyl (C=O) groups is 2. The van der Waals surface area contributed by atoms with Crippen LogP contribution < -0.4 is 10.2 Å². The smallest absolute Gasteiger partial charge is 0.245 e. The molecule has 0 aliphatic heterocycles. The van der Waals surface area contributed by atoms with Gasteiger partial charge in [0.25, 0.3) is 0 Å². The molecule has 2 amide bonds. The highest BCUT2D eigenvalue weighted by Crippen LogP contribution is 2.20. The van der Waals surface area contributed by atoms with Crippen LogP contribution in [0.2, 0.25) is 0 Å². The fourth-order valence-electron chi connectivity index (χ4n) is 1.78. The molecule has 2 aromatic rings. The van der Waals surface area contributed by atoms with Crippen LogP contribution in [0.15, 0.2) is 39.3 Å². The Labute approximate surface area is 130 Å². The summed E-state index contributed by atoms with van der Waals surface area (Å²) in [6, 6.07) is 8.79. The topological polar surface area (TPSA) is 75.4 Å². The van der Waals surface area contributed by atoms with Crippen LogP contribution in [0.1, 0.15) is 12.7 Å². The van der Waals surface area contributed by atoms with E-state index in [4.69, 9.17) is 4.52 Å². The molecule has 6 nitrogen and oxygen atoms in total. The number of hydrogen-bond donors (Lipinski definition) is 1. The molecule has 0 saturated heterocycles. The lowest BCUT2D eigenvalue weighted by molar-refractivity contribution is -0.120. The minimum atomic E-state index is -0.349. The minimum absolute atomic E-state index is 0.0995. The van der Waals surface area contributed by atoms with Crippen LogP contribution in [0.3, 0.4) is 0 Å². The number of hydrogen-bond acceptors (Lipinski definition) is 4. The molecule has 0 aliphatic carbocycles. The van der Waals surface area contributed by atoms with Gasteiger partial charge in [-0.3, -0.25) is 9.59 Å². The maximum Gasteiger partial charge on any atom is 0.245 e. The summed E-state index contributed by atoms with van der Waals surface area (Å²) in [5.41, 5.74) is 0.642. The Morgan fingerprint density at radius 3 is 2.71 bits per heavy atom. The number of carbonyl (C=O) groups excluding carboxylic acids is 2. The van der Waals surface area contributed by atoms with Crippen molar-refractivity contribution in [1.29, 1.82) is 0 Å². The Hall–Kier alpha value is -2.15. The van der Waals surface area contributed by atoms with Crippen LogP contribution in [0.25, 0.3) is 0 Å². The first-order chi connectivity index (χ1) is 9.95. The lowest BCUT2D eigenvalue weighted by Crippen LogP contribution is -2.36. The highest BCUT2D eigenvalue weighted by molar-refractivity contribution is 9.10. The van der Waals surface area contributed by atoms with Gasteiger partial charge in [0.15, 0.2) is 5.82 Å². The van der Waals surface area contributed by atoms with Crippen molar-refractivity contribution in [2.45, 2.75) is 13.8 Å². The minimum Gasteiger partial charge on any atom is -0.360 e. The number of nitrogens with one attached hydrogen (secondary N) is 1. The molecule has 7 heteroatoms. The van der Waals surface area contributed by atoms with Crippen LogP contribution in [-0.4, -0.2) is 23.5 Å². The van der Waals surface area contributed by atoms with Crippen molar-refractivity contribution < 1.29 is 14.1 Å². The van der Waals surface area contributed by atoms with E-state index in [1.54, 1.807) is 31.2 Å². The van der Waals surface area contributed by atoms with E-state index in [9.17, 15) is 9.59 Å². The quantitative estimate of drug-likeness (QED) is 0.918. The fourth-order valence-corrected chi connectivity index (χ4v) is 2.17. The summed E-state index contributed by atoms with van der Waals surface area (Å²) in [7, 11) is 0. The van der Waals surface area contributed by atoms with Crippen molar-refractivity contribution in [3.05, 3.63) is 40.6 Å². The number of aryl methyl sites for hydroxylation is 1. The lowest BCUT2D eigenvalue weighted by atomic mass is 10.3. The predicted octanol–water partition coefficient (Wildman–Crippen LogP) is 2.74. The molecule has 0 atom stereocenters. The van der Waals surface area contributed by atoms with Gasteiger partial charge in [-0.05, 0) is 25.1 Å². The second-order valence-electron chi connectivity index (χ2n) is 4.46. The van der Waals surface area contributed by atoms with Gasteiger partial charge >= 0.3 is 0 Å². The Morgan fingerprint density at radius 2 is 2.14 bits per heavy atom. The maximum atomic E-state index is 12.0. The summed E-state index contributed by atoms with van der Waals surface area (Å²) in [5, 5.41) is 6.26. The van der Waals surface area contributed by atoms with Crippen molar-refractivity contribution in [3.63, 3.8) is 0 Å². The lowest BCUT2D eigenvalue weighted by Gasteiger charge is -2.20. The molecule has 1 N–H and O–H groups in total. The molecule has 0 radical (unpaired) electrons. The van der Waals surface area contributed by atoms with E-state index in [1.165, 1.54) is 11.8 Å². The third-order valence-electron chi connectivity index (χ3n) is 2.70. The number of nitrogens with zero attached hydrogens (tertiary/aromatic N) is 2. The molecule has 1 heterocycles. The van der Waals surface area contributed by atoms with Crippen molar-refractivity contribution >= 4 is 39.2 Å². The van der Waals surface area contributed by atoms with Crippen LogP contribution in [0, 0.1) is 6.92 Å². The number of benzene rings is 1. The fraction of sp³-hybridized carbons (Fsp3) is 0.214. The molecule has 0 bridgehead atoms. The van der Waals surface area contributed by atoms with Gasteiger partial charge in [0.1, 0.15) is 12.3 Å². The van der Waals surface area contributed by atoms with E-state index in [0.717, 1.165) is 4.47 Å². The van der Waals surface area contributed by atoms with Gasteiger partial charge in [0.2, 0.25) is 11.8 Å². The first-order valence-electron chi connectivity index (χ1n) is 6.22.